The first-order valence-electron chi connectivity index (χ1n) is 5.31. The zero-order chi connectivity index (χ0) is 12.3. The monoisotopic (exact) mass is 313 g/mol. The second kappa shape index (κ2) is 5.67. The molecule has 2 rings (SSSR count). The van der Waals surface area contributed by atoms with Gasteiger partial charge in [-0.1, -0.05) is 27.5 Å². The minimum Gasteiger partial charge on any atom is -0.349 e. The van der Waals surface area contributed by atoms with Crippen LogP contribution >= 0.6 is 27.5 Å². The van der Waals surface area contributed by atoms with Crippen LogP contribution < -0.4 is 5.32 Å². The Morgan fingerprint density at radius 2 is 2.35 bits per heavy atom. The first-order chi connectivity index (χ1) is 8.20. The third-order valence-corrected chi connectivity index (χ3v) is 3.59. The van der Waals surface area contributed by atoms with Gasteiger partial charge in [0.2, 0.25) is 0 Å². The number of hydrogen-bond acceptors (Lipinski definition) is 2. The van der Waals surface area contributed by atoms with Crippen LogP contribution in [0.2, 0.25) is 5.02 Å². The zero-order valence-corrected chi connectivity index (χ0v) is 11.7. The molecule has 0 aliphatic carbocycles. The highest BCUT2D eigenvalue weighted by Gasteiger charge is 2.14. The lowest BCUT2D eigenvalue weighted by Crippen LogP contribution is -2.19. The maximum atomic E-state index is 6.03. The molecular weight excluding hydrogens is 302 g/mol. The highest BCUT2D eigenvalue weighted by Crippen LogP contribution is 2.28. The summed E-state index contributed by atoms with van der Waals surface area (Å²) in [5.41, 5.74) is 1.14. The van der Waals surface area contributed by atoms with Crippen LogP contribution in [0.5, 0.6) is 0 Å². The first-order valence-corrected chi connectivity index (χ1v) is 6.48. The van der Waals surface area contributed by atoms with Gasteiger partial charge in [-0.15, -0.1) is 0 Å². The summed E-state index contributed by atoms with van der Waals surface area (Å²) in [6, 6.07) is 5.98. The van der Waals surface area contributed by atoms with E-state index in [9.17, 15) is 0 Å². The van der Waals surface area contributed by atoms with Crippen molar-refractivity contribution in [3.05, 3.63) is 51.5 Å². The second-order valence-corrected chi connectivity index (χ2v) is 5.04. The molecular formula is C12H13BrClN3. The molecule has 1 atom stereocenters. The maximum absolute atomic E-state index is 6.03. The van der Waals surface area contributed by atoms with Gasteiger partial charge in [0.25, 0.3) is 0 Å². The van der Waals surface area contributed by atoms with Crippen LogP contribution in [0.4, 0.5) is 0 Å². The highest BCUT2D eigenvalue weighted by atomic mass is 79.9. The Morgan fingerprint density at radius 1 is 1.53 bits per heavy atom. The van der Waals surface area contributed by atoms with Gasteiger partial charge in [-0.3, -0.25) is 0 Å². The van der Waals surface area contributed by atoms with Crippen molar-refractivity contribution < 1.29 is 0 Å². The van der Waals surface area contributed by atoms with E-state index in [0.717, 1.165) is 27.3 Å². The minimum absolute atomic E-state index is 0.175. The normalized spacial score (nSPS) is 12.6. The van der Waals surface area contributed by atoms with Crippen LogP contribution in [0.15, 0.2) is 35.1 Å². The topological polar surface area (TPSA) is 40.7 Å². The molecule has 17 heavy (non-hydrogen) atoms. The van der Waals surface area contributed by atoms with Gasteiger partial charge in [0.1, 0.15) is 5.82 Å². The van der Waals surface area contributed by atoms with E-state index in [2.05, 4.69) is 31.2 Å². The number of nitrogens with zero attached hydrogens (tertiary/aromatic N) is 1. The summed E-state index contributed by atoms with van der Waals surface area (Å²) in [5.74, 6) is 0.955. The number of halogens is 2. The number of imidazole rings is 1. The lowest BCUT2D eigenvalue weighted by Gasteiger charge is -2.17. The lowest BCUT2D eigenvalue weighted by molar-refractivity contribution is 0.576. The van der Waals surface area contributed by atoms with Crippen molar-refractivity contribution in [1.29, 1.82) is 0 Å². The summed E-state index contributed by atoms with van der Waals surface area (Å²) in [4.78, 5) is 7.34. The van der Waals surface area contributed by atoms with Crippen molar-refractivity contribution in [2.45, 2.75) is 12.5 Å². The Balaban J connectivity index is 2.25. The van der Waals surface area contributed by atoms with Crippen LogP contribution in [0.1, 0.15) is 17.4 Å². The van der Waals surface area contributed by atoms with Crippen molar-refractivity contribution in [1.82, 2.24) is 15.3 Å². The molecule has 1 unspecified atom stereocenters. The van der Waals surface area contributed by atoms with Crippen molar-refractivity contribution >= 4 is 27.5 Å². The Kier molecular flexibility index (Phi) is 4.20. The van der Waals surface area contributed by atoms with E-state index in [0.29, 0.717) is 0 Å². The molecule has 5 heteroatoms. The van der Waals surface area contributed by atoms with Gasteiger partial charge in [0.15, 0.2) is 0 Å². The fourth-order valence-corrected chi connectivity index (χ4v) is 2.46. The number of H-pyrrole nitrogens is 1. The van der Waals surface area contributed by atoms with Gasteiger partial charge in [0, 0.05) is 34.4 Å². The predicted molar refractivity (Wildman–Crippen MR) is 73.2 cm³/mol. The van der Waals surface area contributed by atoms with Gasteiger partial charge in [-0.05, 0) is 30.8 Å². The fourth-order valence-electron chi connectivity index (χ4n) is 1.75. The summed E-state index contributed by atoms with van der Waals surface area (Å²) in [6.45, 7) is 0. The third-order valence-electron chi connectivity index (χ3n) is 2.63. The lowest BCUT2D eigenvalue weighted by atomic mass is 10.0. The van der Waals surface area contributed by atoms with Crippen molar-refractivity contribution in [2.75, 3.05) is 7.05 Å². The molecule has 0 radical (unpaired) electrons. The molecule has 0 bridgehead atoms. The van der Waals surface area contributed by atoms with Crippen LogP contribution in [-0.4, -0.2) is 17.0 Å². The van der Waals surface area contributed by atoms with Gasteiger partial charge >= 0.3 is 0 Å². The maximum Gasteiger partial charge on any atom is 0.107 e. The van der Waals surface area contributed by atoms with E-state index in [1.165, 1.54) is 0 Å². The van der Waals surface area contributed by atoms with E-state index in [-0.39, 0.29) is 6.04 Å². The average molecular weight is 315 g/mol. The molecule has 1 heterocycles. The number of aromatic nitrogens is 2. The molecule has 0 spiro atoms. The summed E-state index contributed by atoms with van der Waals surface area (Å²) in [6.07, 6.45) is 4.38. The number of hydrogen-bond donors (Lipinski definition) is 2. The van der Waals surface area contributed by atoms with E-state index < -0.39 is 0 Å². The van der Waals surface area contributed by atoms with Gasteiger partial charge in [0.05, 0.1) is 0 Å². The minimum atomic E-state index is 0.175. The molecule has 3 nitrogen and oxygen atoms in total. The SMILES string of the molecule is CNC(Cc1ncc[nH]1)c1cc(Cl)ccc1Br. The van der Waals surface area contributed by atoms with E-state index in [1.807, 2.05) is 31.4 Å². The van der Waals surface area contributed by atoms with Crippen LogP contribution in [-0.2, 0) is 6.42 Å². The number of likely N-dealkylation sites (N-methyl/N-ethyl adjacent to an activating group) is 1. The highest BCUT2D eigenvalue weighted by molar-refractivity contribution is 9.10. The summed E-state index contributed by atoms with van der Waals surface area (Å²) in [5, 5.41) is 4.01. The quantitative estimate of drug-likeness (QED) is 0.909. The number of benzene rings is 1. The van der Waals surface area contributed by atoms with Gasteiger partial charge < -0.3 is 10.3 Å². The molecule has 0 aliphatic heterocycles. The van der Waals surface area contributed by atoms with E-state index in [1.54, 1.807) is 6.20 Å². The molecule has 0 saturated carbocycles. The molecule has 0 fully saturated rings. The predicted octanol–water partition coefficient (Wildman–Crippen LogP) is 3.33. The van der Waals surface area contributed by atoms with Crippen molar-refractivity contribution in [3.63, 3.8) is 0 Å². The molecule has 0 saturated heterocycles. The molecule has 0 aliphatic rings. The van der Waals surface area contributed by atoms with E-state index >= 15 is 0 Å². The number of rotatable bonds is 4. The molecule has 1 aromatic carbocycles. The van der Waals surface area contributed by atoms with Crippen LogP contribution in [0.3, 0.4) is 0 Å². The third kappa shape index (κ3) is 3.09. The molecule has 1 aromatic heterocycles. The zero-order valence-electron chi connectivity index (χ0n) is 9.37. The second-order valence-electron chi connectivity index (χ2n) is 3.75. The summed E-state index contributed by atoms with van der Waals surface area (Å²) < 4.78 is 1.05. The van der Waals surface area contributed by atoms with Crippen molar-refractivity contribution in [3.8, 4) is 0 Å². The average Bonchev–Trinajstić information content (AvgIpc) is 2.82. The number of aromatic amines is 1. The molecule has 2 N–H and O–H groups in total. The summed E-state index contributed by atoms with van der Waals surface area (Å²) in [7, 11) is 1.93. The molecule has 2 aromatic rings. The smallest absolute Gasteiger partial charge is 0.107 e. The Bertz CT molecular complexity index is 485. The van der Waals surface area contributed by atoms with Gasteiger partial charge in [-0.25, -0.2) is 4.98 Å². The largest absolute Gasteiger partial charge is 0.349 e. The Morgan fingerprint density at radius 3 is 3.00 bits per heavy atom. The molecule has 90 valence electrons. The summed E-state index contributed by atoms with van der Waals surface area (Å²) >= 11 is 9.57. The van der Waals surface area contributed by atoms with E-state index in [4.69, 9.17) is 11.6 Å². The van der Waals surface area contributed by atoms with Crippen LogP contribution in [0, 0.1) is 0 Å². The molecule has 0 amide bonds. The standard InChI is InChI=1S/C12H13BrClN3/c1-15-11(7-12-16-4-5-17-12)9-6-8(14)2-3-10(9)13/h2-6,11,15H,7H2,1H3,(H,16,17). The Hall–Kier alpha value is -0.840. The van der Waals surface area contributed by atoms with Gasteiger partial charge in [-0.2, -0.15) is 0 Å². The first kappa shape index (κ1) is 12.6. The Labute approximate surface area is 114 Å². The number of nitrogens with one attached hydrogen (secondary N) is 2. The van der Waals surface area contributed by atoms with Crippen molar-refractivity contribution in [2.24, 2.45) is 0 Å². The van der Waals surface area contributed by atoms with Crippen LogP contribution in [0.25, 0.3) is 0 Å². The fraction of sp³-hybridized carbons (Fsp3) is 0.250.